The summed E-state index contributed by atoms with van der Waals surface area (Å²) in [6.07, 6.45) is 3.64. The van der Waals surface area contributed by atoms with E-state index >= 15 is 0 Å². The van der Waals surface area contributed by atoms with Crippen molar-refractivity contribution in [2.24, 2.45) is 0 Å². The largest absolute Gasteiger partial charge is 0.240 e. The van der Waals surface area contributed by atoms with Gasteiger partial charge in [0.05, 0.1) is 24.0 Å². The highest BCUT2D eigenvalue weighted by Crippen LogP contribution is 2.16. The summed E-state index contributed by atoms with van der Waals surface area (Å²) in [5.74, 6) is 0.564. The highest BCUT2D eigenvalue weighted by atomic mass is 79.9. The number of tetrazole rings is 1. The molecule has 118 valence electrons. The number of para-hydroxylation sites is 1. The molecule has 0 aliphatic rings. The minimum atomic E-state index is 0.564. The molecule has 0 amide bonds. The van der Waals surface area contributed by atoms with Crippen molar-refractivity contribution in [1.29, 1.82) is 0 Å². The van der Waals surface area contributed by atoms with Crippen LogP contribution in [0.5, 0.6) is 0 Å². The summed E-state index contributed by atoms with van der Waals surface area (Å²) in [6, 6.07) is 18.0. The van der Waals surface area contributed by atoms with Crippen molar-refractivity contribution in [2.45, 2.75) is 6.54 Å². The average molecular weight is 381 g/mol. The first-order valence-corrected chi connectivity index (χ1v) is 8.20. The number of hydrogen-bond donors (Lipinski definition) is 0. The lowest BCUT2D eigenvalue weighted by Gasteiger charge is -1.99. The third-order valence-corrected chi connectivity index (χ3v) is 4.08. The van der Waals surface area contributed by atoms with E-state index in [1.165, 1.54) is 0 Å². The number of aromatic nitrogens is 6. The molecule has 24 heavy (non-hydrogen) atoms. The van der Waals surface area contributed by atoms with Gasteiger partial charge in [0.25, 0.3) is 0 Å². The highest BCUT2D eigenvalue weighted by Gasteiger charge is 2.09. The van der Waals surface area contributed by atoms with Crippen LogP contribution in [0.15, 0.2) is 71.5 Å². The Morgan fingerprint density at radius 2 is 1.75 bits per heavy atom. The molecule has 0 atom stereocenters. The second-order valence-electron chi connectivity index (χ2n) is 5.28. The molecular weight excluding hydrogens is 368 g/mol. The normalized spacial score (nSPS) is 10.9. The highest BCUT2D eigenvalue weighted by molar-refractivity contribution is 9.10. The van der Waals surface area contributed by atoms with Crippen molar-refractivity contribution in [3.63, 3.8) is 0 Å². The molecule has 4 rings (SSSR count). The fourth-order valence-electron chi connectivity index (χ4n) is 2.34. The first kappa shape index (κ1) is 14.8. The Morgan fingerprint density at radius 3 is 2.54 bits per heavy atom. The zero-order valence-electron chi connectivity index (χ0n) is 12.6. The lowest BCUT2D eigenvalue weighted by molar-refractivity contribution is 0.573. The van der Waals surface area contributed by atoms with Gasteiger partial charge in [-0.05, 0) is 35.0 Å². The number of benzene rings is 2. The summed E-state index contributed by atoms with van der Waals surface area (Å²) < 4.78 is 2.84. The van der Waals surface area contributed by atoms with Gasteiger partial charge in [-0.3, -0.25) is 0 Å². The van der Waals surface area contributed by atoms with E-state index in [-0.39, 0.29) is 0 Å². The predicted molar refractivity (Wildman–Crippen MR) is 93.6 cm³/mol. The number of rotatable bonds is 4. The molecule has 0 aliphatic carbocycles. The Labute approximate surface area is 146 Å². The van der Waals surface area contributed by atoms with Crippen molar-refractivity contribution < 1.29 is 0 Å². The summed E-state index contributed by atoms with van der Waals surface area (Å²) in [4.78, 5) is 1.58. The van der Waals surface area contributed by atoms with Crippen LogP contribution in [-0.2, 0) is 6.54 Å². The average Bonchev–Trinajstić information content (AvgIpc) is 3.27. The Bertz CT molecular complexity index is 943. The minimum absolute atomic E-state index is 0.564. The summed E-state index contributed by atoms with van der Waals surface area (Å²) in [5.41, 5.74) is 2.94. The maximum absolute atomic E-state index is 4.43. The minimum Gasteiger partial charge on any atom is -0.240 e. The molecule has 2 aromatic heterocycles. The van der Waals surface area contributed by atoms with E-state index in [9.17, 15) is 0 Å². The van der Waals surface area contributed by atoms with Crippen LogP contribution in [0.2, 0.25) is 0 Å². The zero-order chi connectivity index (χ0) is 16.4. The van der Waals surface area contributed by atoms with Crippen LogP contribution < -0.4 is 0 Å². The third kappa shape index (κ3) is 3.11. The number of nitrogens with zero attached hydrogens (tertiary/aromatic N) is 6. The molecule has 0 bridgehead atoms. The molecule has 7 heteroatoms. The monoisotopic (exact) mass is 380 g/mol. The standard InChI is InChI=1S/C17H13BrN6/c18-15-8-6-13(7-9-15)11-24-21-17(20-22-24)14-10-19-23(12-14)16-4-2-1-3-5-16/h1-10,12H,11H2. The van der Waals surface area contributed by atoms with Crippen molar-refractivity contribution >= 4 is 15.9 Å². The Balaban J connectivity index is 1.55. The molecule has 0 saturated carbocycles. The van der Waals surface area contributed by atoms with Crippen molar-refractivity contribution in [3.05, 3.63) is 77.0 Å². The summed E-state index contributed by atoms with van der Waals surface area (Å²) in [7, 11) is 0. The van der Waals surface area contributed by atoms with Crippen molar-refractivity contribution in [1.82, 2.24) is 30.0 Å². The lowest BCUT2D eigenvalue weighted by atomic mass is 10.2. The first-order chi connectivity index (χ1) is 11.8. The SMILES string of the molecule is Brc1ccc(Cn2nnc(-c3cnn(-c4ccccc4)c3)n2)cc1. The number of hydrogen-bond acceptors (Lipinski definition) is 4. The van der Waals surface area contributed by atoms with E-state index in [1.807, 2.05) is 60.8 Å². The molecule has 0 unspecified atom stereocenters. The van der Waals surface area contributed by atoms with E-state index < -0.39 is 0 Å². The van der Waals surface area contributed by atoms with Crippen LogP contribution in [0.25, 0.3) is 17.1 Å². The fourth-order valence-corrected chi connectivity index (χ4v) is 2.60. The van der Waals surface area contributed by atoms with Gasteiger partial charge in [0.15, 0.2) is 0 Å². The fraction of sp³-hybridized carbons (Fsp3) is 0.0588. The maximum atomic E-state index is 4.43. The van der Waals surface area contributed by atoms with Crippen molar-refractivity contribution in [3.8, 4) is 17.1 Å². The molecule has 0 fully saturated rings. The summed E-state index contributed by atoms with van der Waals surface area (Å²) in [6.45, 7) is 0.576. The third-order valence-electron chi connectivity index (χ3n) is 3.55. The molecule has 0 radical (unpaired) electrons. The maximum Gasteiger partial charge on any atom is 0.208 e. The van der Waals surface area contributed by atoms with Gasteiger partial charge in [0.2, 0.25) is 5.82 Å². The quantitative estimate of drug-likeness (QED) is 0.544. The topological polar surface area (TPSA) is 61.4 Å². The molecule has 0 saturated heterocycles. The van der Waals surface area contributed by atoms with Gasteiger partial charge >= 0.3 is 0 Å². The Morgan fingerprint density at radius 1 is 0.958 bits per heavy atom. The van der Waals surface area contributed by atoms with Crippen LogP contribution in [-0.4, -0.2) is 30.0 Å². The smallest absolute Gasteiger partial charge is 0.208 e. The van der Waals surface area contributed by atoms with E-state index in [4.69, 9.17) is 0 Å². The van der Waals surface area contributed by atoms with Gasteiger partial charge < -0.3 is 0 Å². The van der Waals surface area contributed by atoms with Crippen LogP contribution in [0.3, 0.4) is 0 Å². The van der Waals surface area contributed by atoms with Gasteiger partial charge in [0.1, 0.15) is 0 Å². The van der Waals surface area contributed by atoms with Crippen LogP contribution in [0.1, 0.15) is 5.56 Å². The zero-order valence-corrected chi connectivity index (χ0v) is 14.2. The van der Waals surface area contributed by atoms with Gasteiger partial charge in [-0.15, -0.1) is 10.2 Å². The summed E-state index contributed by atoms with van der Waals surface area (Å²) in [5, 5.41) is 17.0. The molecule has 2 heterocycles. The molecule has 0 N–H and O–H groups in total. The summed E-state index contributed by atoms with van der Waals surface area (Å²) >= 11 is 3.43. The Hall–Kier alpha value is -2.80. The second-order valence-corrected chi connectivity index (χ2v) is 6.19. The van der Waals surface area contributed by atoms with Crippen LogP contribution in [0, 0.1) is 0 Å². The molecular formula is C17H13BrN6. The van der Waals surface area contributed by atoms with Gasteiger partial charge in [-0.2, -0.15) is 9.90 Å². The first-order valence-electron chi connectivity index (χ1n) is 7.41. The van der Waals surface area contributed by atoms with Gasteiger partial charge in [0, 0.05) is 10.7 Å². The molecule has 0 spiro atoms. The molecule has 2 aromatic carbocycles. The van der Waals surface area contributed by atoms with E-state index in [2.05, 4.69) is 36.4 Å². The van der Waals surface area contributed by atoms with Gasteiger partial charge in [-0.25, -0.2) is 4.68 Å². The molecule has 0 aliphatic heterocycles. The second kappa shape index (κ2) is 6.37. The number of halogens is 1. The van der Waals surface area contributed by atoms with Crippen molar-refractivity contribution in [2.75, 3.05) is 0 Å². The Kier molecular flexibility index (Phi) is 3.92. The van der Waals surface area contributed by atoms with E-state index in [0.717, 1.165) is 21.3 Å². The predicted octanol–water partition coefficient (Wildman–Crippen LogP) is 3.34. The van der Waals surface area contributed by atoms with Crippen LogP contribution in [0.4, 0.5) is 0 Å². The molecule has 6 nitrogen and oxygen atoms in total. The lowest BCUT2D eigenvalue weighted by Crippen LogP contribution is -2.03. The molecule has 4 aromatic rings. The van der Waals surface area contributed by atoms with E-state index in [0.29, 0.717) is 12.4 Å². The van der Waals surface area contributed by atoms with Gasteiger partial charge in [-0.1, -0.05) is 46.3 Å². The van der Waals surface area contributed by atoms with Crippen LogP contribution >= 0.6 is 15.9 Å². The van der Waals surface area contributed by atoms with E-state index in [1.54, 1.807) is 15.7 Å².